The fourth-order valence-electron chi connectivity index (χ4n) is 1.94. The molecule has 23 heavy (non-hydrogen) atoms. The average Bonchev–Trinajstić information content (AvgIpc) is 2.86. The fourth-order valence-corrected chi connectivity index (χ4v) is 2.11. The smallest absolute Gasteiger partial charge is 0.376 e. The van der Waals surface area contributed by atoms with Gasteiger partial charge < -0.3 is 10.2 Å². The molecule has 1 aromatic carbocycles. The second-order valence-electron chi connectivity index (χ2n) is 5.00. The first-order chi connectivity index (χ1) is 10.7. The number of carbonyl (C=O) groups is 1. The van der Waals surface area contributed by atoms with Crippen molar-refractivity contribution in [3.63, 3.8) is 0 Å². The molecule has 0 bridgehead atoms. The van der Waals surface area contributed by atoms with Crippen LogP contribution in [0, 0.1) is 0 Å². The van der Waals surface area contributed by atoms with Crippen molar-refractivity contribution in [2.24, 2.45) is 0 Å². The first-order valence-corrected chi connectivity index (χ1v) is 6.92. The van der Waals surface area contributed by atoms with Crippen LogP contribution in [-0.2, 0) is 17.5 Å². The minimum absolute atomic E-state index is 0.338. The Kier molecular flexibility index (Phi) is 4.84. The highest BCUT2D eigenvalue weighted by atomic mass is 35.5. The van der Waals surface area contributed by atoms with Crippen molar-refractivity contribution in [3.8, 4) is 0 Å². The summed E-state index contributed by atoms with van der Waals surface area (Å²) in [4.78, 5) is 13.8. The van der Waals surface area contributed by atoms with Crippen molar-refractivity contribution in [2.45, 2.75) is 12.7 Å². The molecule has 1 aromatic heterocycles. The quantitative estimate of drug-likeness (QED) is 0.924. The van der Waals surface area contributed by atoms with Crippen molar-refractivity contribution in [1.29, 1.82) is 0 Å². The Morgan fingerprint density at radius 3 is 2.61 bits per heavy atom. The maximum atomic E-state index is 12.5. The third kappa shape index (κ3) is 4.38. The summed E-state index contributed by atoms with van der Waals surface area (Å²) < 4.78 is 38.4. The van der Waals surface area contributed by atoms with E-state index in [2.05, 4.69) is 10.4 Å². The lowest BCUT2D eigenvalue weighted by atomic mass is 10.2. The normalized spacial score (nSPS) is 11.4. The van der Waals surface area contributed by atoms with Gasteiger partial charge >= 0.3 is 6.18 Å². The largest absolute Gasteiger partial charge is 0.435 e. The molecule has 0 spiro atoms. The van der Waals surface area contributed by atoms with Crippen LogP contribution in [0.15, 0.2) is 30.5 Å². The Bertz CT molecular complexity index is 712. The zero-order valence-corrected chi connectivity index (χ0v) is 13.1. The van der Waals surface area contributed by atoms with E-state index in [1.54, 1.807) is 37.2 Å². The summed E-state index contributed by atoms with van der Waals surface area (Å²) in [5.74, 6) is -0.507. The number of alkyl halides is 3. The van der Waals surface area contributed by atoms with Crippen LogP contribution < -0.4 is 10.2 Å². The molecule has 0 saturated carbocycles. The summed E-state index contributed by atoms with van der Waals surface area (Å²) in [5.41, 5.74) is 0.150. The van der Waals surface area contributed by atoms with Crippen LogP contribution in [0.5, 0.6) is 0 Å². The second-order valence-corrected chi connectivity index (χ2v) is 5.44. The number of nitrogens with zero attached hydrogens (tertiary/aromatic N) is 3. The molecule has 124 valence electrons. The second kappa shape index (κ2) is 6.49. The molecule has 1 heterocycles. The van der Waals surface area contributed by atoms with Crippen LogP contribution in [0.4, 0.5) is 24.5 Å². The molecule has 0 aliphatic carbocycles. The number of hydrogen-bond donors (Lipinski definition) is 1. The minimum Gasteiger partial charge on any atom is -0.376 e. The zero-order valence-electron chi connectivity index (χ0n) is 12.4. The summed E-state index contributed by atoms with van der Waals surface area (Å²) in [6.45, 7) is -0.338. The van der Waals surface area contributed by atoms with E-state index >= 15 is 0 Å². The Morgan fingerprint density at radius 1 is 1.35 bits per heavy atom. The van der Waals surface area contributed by atoms with Crippen molar-refractivity contribution < 1.29 is 18.0 Å². The lowest BCUT2D eigenvalue weighted by molar-refractivity contribution is -0.141. The molecular formula is C14H14ClF3N4O. The third-order valence-electron chi connectivity index (χ3n) is 2.95. The number of anilines is 2. The van der Waals surface area contributed by atoms with Gasteiger partial charge in [0.25, 0.3) is 0 Å². The fraction of sp³-hybridized carbons (Fsp3) is 0.286. The number of hydrogen-bond acceptors (Lipinski definition) is 3. The standard InChI is InChI=1S/C14H14ClF3N4O/c1-21(2)11-4-3-9(15)7-10(11)19-13(23)8-22-6-5-12(20-22)14(16,17)18/h3-7H,8H2,1-2H3,(H,19,23). The lowest BCUT2D eigenvalue weighted by Gasteiger charge is -2.18. The molecule has 0 saturated heterocycles. The average molecular weight is 347 g/mol. The molecule has 0 unspecified atom stereocenters. The number of nitrogens with one attached hydrogen (secondary N) is 1. The van der Waals surface area contributed by atoms with Crippen LogP contribution in [0.25, 0.3) is 0 Å². The van der Waals surface area contributed by atoms with Crippen LogP contribution in [0.3, 0.4) is 0 Å². The zero-order chi connectivity index (χ0) is 17.2. The van der Waals surface area contributed by atoms with Gasteiger partial charge in [-0.15, -0.1) is 0 Å². The van der Waals surface area contributed by atoms with Gasteiger partial charge in [-0.05, 0) is 24.3 Å². The van der Waals surface area contributed by atoms with Gasteiger partial charge in [0.2, 0.25) is 5.91 Å². The highest BCUT2D eigenvalue weighted by Gasteiger charge is 2.33. The van der Waals surface area contributed by atoms with Gasteiger partial charge in [0.15, 0.2) is 5.69 Å². The molecule has 0 aliphatic heterocycles. The summed E-state index contributed by atoms with van der Waals surface area (Å²) in [5, 5.41) is 6.39. The molecule has 1 N–H and O–H groups in total. The van der Waals surface area contributed by atoms with E-state index in [4.69, 9.17) is 11.6 Å². The predicted molar refractivity (Wildman–Crippen MR) is 81.6 cm³/mol. The van der Waals surface area contributed by atoms with E-state index in [-0.39, 0.29) is 6.54 Å². The summed E-state index contributed by atoms with van der Waals surface area (Å²) >= 11 is 5.91. The number of aromatic nitrogens is 2. The summed E-state index contributed by atoms with van der Waals surface area (Å²) in [6, 6.07) is 5.79. The Balaban J connectivity index is 2.11. The van der Waals surface area contributed by atoms with E-state index < -0.39 is 17.8 Å². The number of halogens is 4. The number of benzene rings is 1. The van der Waals surface area contributed by atoms with Crippen molar-refractivity contribution in [1.82, 2.24) is 9.78 Å². The highest BCUT2D eigenvalue weighted by Crippen LogP contribution is 2.28. The van der Waals surface area contributed by atoms with E-state index in [0.29, 0.717) is 10.7 Å². The van der Waals surface area contributed by atoms with E-state index in [9.17, 15) is 18.0 Å². The predicted octanol–water partition coefficient (Wildman–Crippen LogP) is 3.26. The van der Waals surface area contributed by atoms with E-state index in [0.717, 1.165) is 22.6 Å². The van der Waals surface area contributed by atoms with Crippen LogP contribution >= 0.6 is 11.6 Å². The van der Waals surface area contributed by atoms with E-state index in [1.165, 1.54) is 0 Å². The minimum atomic E-state index is -4.53. The number of carbonyl (C=O) groups excluding carboxylic acids is 1. The maximum Gasteiger partial charge on any atom is 0.435 e. The first kappa shape index (κ1) is 17.1. The van der Waals surface area contributed by atoms with Crippen LogP contribution in [-0.4, -0.2) is 29.8 Å². The SMILES string of the molecule is CN(C)c1ccc(Cl)cc1NC(=O)Cn1ccc(C(F)(F)F)n1. The molecule has 9 heteroatoms. The summed E-state index contributed by atoms with van der Waals surface area (Å²) in [6.07, 6.45) is -3.43. The van der Waals surface area contributed by atoms with Gasteiger partial charge in [0, 0.05) is 25.3 Å². The van der Waals surface area contributed by atoms with Crippen molar-refractivity contribution in [2.75, 3.05) is 24.3 Å². The molecule has 5 nitrogen and oxygen atoms in total. The third-order valence-corrected chi connectivity index (χ3v) is 3.19. The molecule has 0 aliphatic rings. The molecule has 2 aromatic rings. The van der Waals surface area contributed by atoms with Crippen molar-refractivity contribution in [3.05, 3.63) is 41.2 Å². The summed E-state index contributed by atoms with van der Waals surface area (Å²) in [7, 11) is 3.59. The van der Waals surface area contributed by atoms with Crippen molar-refractivity contribution >= 4 is 28.9 Å². The number of rotatable bonds is 4. The molecule has 2 rings (SSSR count). The molecule has 0 radical (unpaired) electrons. The Hall–Kier alpha value is -2.22. The molecule has 0 atom stereocenters. The molecule has 1 amide bonds. The Morgan fingerprint density at radius 2 is 2.04 bits per heavy atom. The lowest BCUT2D eigenvalue weighted by Crippen LogP contribution is -2.21. The van der Waals surface area contributed by atoms with Crippen LogP contribution in [0.1, 0.15) is 5.69 Å². The monoisotopic (exact) mass is 346 g/mol. The van der Waals surface area contributed by atoms with Gasteiger partial charge in [0.05, 0.1) is 11.4 Å². The topological polar surface area (TPSA) is 50.2 Å². The molecular weight excluding hydrogens is 333 g/mol. The van der Waals surface area contributed by atoms with Crippen LogP contribution in [0.2, 0.25) is 5.02 Å². The van der Waals surface area contributed by atoms with Gasteiger partial charge in [-0.25, -0.2) is 0 Å². The Labute approximate surface area is 135 Å². The number of amides is 1. The van der Waals surface area contributed by atoms with Gasteiger partial charge in [0.1, 0.15) is 6.54 Å². The van der Waals surface area contributed by atoms with E-state index in [1.807, 2.05) is 0 Å². The van der Waals surface area contributed by atoms with Gasteiger partial charge in [-0.2, -0.15) is 18.3 Å². The molecule has 0 fully saturated rings. The maximum absolute atomic E-state index is 12.5. The van der Waals surface area contributed by atoms with Gasteiger partial charge in [-0.3, -0.25) is 9.48 Å². The highest BCUT2D eigenvalue weighted by molar-refractivity contribution is 6.31. The van der Waals surface area contributed by atoms with Gasteiger partial charge in [-0.1, -0.05) is 11.6 Å². The first-order valence-electron chi connectivity index (χ1n) is 6.54.